The van der Waals surface area contributed by atoms with Gasteiger partial charge in [-0.1, -0.05) is 12.1 Å². The van der Waals surface area contributed by atoms with Gasteiger partial charge in [0.15, 0.2) is 0 Å². The maximum absolute atomic E-state index is 5.87. The SMILES string of the molecule is c1coc(CNc2ccccc2OCC2CCCO2)c1. The maximum atomic E-state index is 5.87. The monoisotopic (exact) mass is 273 g/mol. The molecule has 106 valence electrons. The topological polar surface area (TPSA) is 43.6 Å². The van der Waals surface area contributed by atoms with Crippen molar-refractivity contribution in [2.24, 2.45) is 0 Å². The van der Waals surface area contributed by atoms with E-state index in [1.165, 1.54) is 0 Å². The van der Waals surface area contributed by atoms with E-state index < -0.39 is 0 Å². The number of nitrogens with one attached hydrogen (secondary N) is 1. The number of furan rings is 1. The van der Waals surface area contributed by atoms with Gasteiger partial charge in [-0.25, -0.2) is 0 Å². The van der Waals surface area contributed by atoms with E-state index >= 15 is 0 Å². The van der Waals surface area contributed by atoms with Gasteiger partial charge in [-0.05, 0) is 37.1 Å². The summed E-state index contributed by atoms with van der Waals surface area (Å²) in [6.45, 7) is 2.11. The van der Waals surface area contributed by atoms with Crippen LogP contribution >= 0.6 is 0 Å². The third-order valence-corrected chi connectivity index (χ3v) is 3.37. The molecule has 0 spiro atoms. The van der Waals surface area contributed by atoms with Crippen LogP contribution in [-0.4, -0.2) is 19.3 Å². The summed E-state index contributed by atoms with van der Waals surface area (Å²) in [5, 5.41) is 3.33. The molecule has 4 nitrogen and oxygen atoms in total. The Kier molecular flexibility index (Phi) is 4.23. The largest absolute Gasteiger partial charge is 0.489 e. The molecule has 0 bridgehead atoms. The molecule has 2 heterocycles. The van der Waals surface area contributed by atoms with Crippen molar-refractivity contribution in [3.63, 3.8) is 0 Å². The van der Waals surface area contributed by atoms with Gasteiger partial charge >= 0.3 is 0 Å². The Labute approximate surface area is 118 Å². The Balaban J connectivity index is 1.58. The van der Waals surface area contributed by atoms with Crippen molar-refractivity contribution < 1.29 is 13.9 Å². The van der Waals surface area contributed by atoms with E-state index in [1.54, 1.807) is 6.26 Å². The smallest absolute Gasteiger partial charge is 0.142 e. The summed E-state index contributed by atoms with van der Waals surface area (Å²) >= 11 is 0. The van der Waals surface area contributed by atoms with Gasteiger partial charge in [0, 0.05) is 6.61 Å². The molecule has 1 saturated heterocycles. The number of hydrogen-bond acceptors (Lipinski definition) is 4. The van der Waals surface area contributed by atoms with Crippen LogP contribution in [0.5, 0.6) is 5.75 Å². The van der Waals surface area contributed by atoms with Crippen molar-refractivity contribution in [1.29, 1.82) is 0 Å². The number of hydrogen-bond donors (Lipinski definition) is 1. The average molecular weight is 273 g/mol. The summed E-state index contributed by atoms with van der Waals surface area (Å²) in [5.41, 5.74) is 0.974. The molecular formula is C16H19NO3. The van der Waals surface area contributed by atoms with Gasteiger partial charge in [-0.2, -0.15) is 0 Å². The van der Waals surface area contributed by atoms with Crippen molar-refractivity contribution in [2.45, 2.75) is 25.5 Å². The summed E-state index contributed by atoms with van der Waals surface area (Å²) in [6, 6.07) is 11.8. The molecule has 0 saturated carbocycles. The Bertz CT molecular complexity index is 518. The van der Waals surface area contributed by atoms with Gasteiger partial charge < -0.3 is 19.2 Å². The summed E-state index contributed by atoms with van der Waals surface area (Å²) in [5.74, 6) is 1.76. The summed E-state index contributed by atoms with van der Waals surface area (Å²) in [4.78, 5) is 0. The minimum absolute atomic E-state index is 0.230. The van der Waals surface area contributed by atoms with Crippen LogP contribution in [-0.2, 0) is 11.3 Å². The highest BCUT2D eigenvalue weighted by molar-refractivity contribution is 5.56. The third kappa shape index (κ3) is 3.33. The van der Waals surface area contributed by atoms with Crippen LogP contribution in [0.2, 0.25) is 0 Å². The zero-order valence-corrected chi connectivity index (χ0v) is 11.4. The minimum Gasteiger partial charge on any atom is -0.489 e. The summed E-state index contributed by atoms with van der Waals surface area (Å²) < 4.78 is 16.8. The zero-order valence-electron chi connectivity index (χ0n) is 11.4. The summed E-state index contributed by atoms with van der Waals surface area (Å²) in [6.07, 6.45) is 4.12. The van der Waals surface area contributed by atoms with Crippen molar-refractivity contribution >= 4 is 5.69 Å². The highest BCUT2D eigenvalue weighted by Gasteiger charge is 2.16. The van der Waals surface area contributed by atoms with E-state index in [0.717, 1.165) is 36.6 Å². The quantitative estimate of drug-likeness (QED) is 0.875. The van der Waals surface area contributed by atoms with E-state index in [0.29, 0.717) is 13.2 Å². The minimum atomic E-state index is 0.230. The number of rotatable bonds is 6. The Hall–Kier alpha value is -1.94. The standard InChI is InChI=1S/C16H19NO3/c1-2-8-16(20-12-14-6-4-10-19-14)15(7-1)17-11-13-5-3-9-18-13/h1-3,5,7-9,14,17H,4,6,10-12H2. The molecule has 0 radical (unpaired) electrons. The number of ether oxygens (including phenoxy) is 2. The fourth-order valence-electron chi connectivity index (χ4n) is 2.29. The second-order valence-corrected chi connectivity index (χ2v) is 4.88. The molecular weight excluding hydrogens is 254 g/mol. The first-order valence-electron chi connectivity index (χ1n) is 7.01. The first-order chi connectivity index (χ1) is 9.92. The van der Waals surface area contributed by atoms with Crippen LogP contribution in [0.3, 0.4) is 0 Å². The van der Waals surface area contributed by atoms with Gasteiger partial charge in [0.2, 0.25) is 0 Å². The van der Waals surface area contributed by atoms with Gasteiger partial charge in [0.05, 0.1) is 24.6 Å². The van der Waals surface area contributed by atoms with Gasteiger partial charge in [0.1, 0.15) is 18.1 Å². The Morgan fingerprint density at radius 3 is 2.95 bits per heavy atom. The van der Waals surface area contributed by atoms with Crippen LogP contribution < -0.4 is 10.1 Å². The Morgan fingerprint density at radius 2 is 2.15 bits per heavy atom. The molecule has 2 aromatic rings. The predicted molar refractivity (Wildman–Crippen MR) is 76.9 cm³/mol. The molecule has 3 rings (SSSR count). The fourth-order valence-corrected chi connectivity index (χ4v) is 2.29. The lowest BCUT2D eigenvalue weighted by Crippen LogP contribution is -2.16. The molecule has 1 aromatic carbocycles. The molecule has 1 N–H and O–H groups in total. The number of para-hydroxylation sites is 2. The van der Waals surface area contributed by atoms with Crippen molar-refractivity contribution in [3.8, 4) is 5.75 Å². The molecule has 1 aromatic heterocycles. The molecule has 4 heteroatoms. The second kappa shape index (κ2) is 6.48. The number of benzene rings is 1. The van der Waals surface area contributed by atoms with Crippen LogP contribution in [0.15, 0.2) is 47.1 Å². The van der Waals surface area contributed by atoms with E-state index in [9.17, 15) is 0 Å². The molecule has 1 aliphatic rings. The first-order valence-corrected chi connectivity index (χ1v) is 7.01. The zero-order chi connectivity index (χ0) is 13.6. The van der Waals surface area contributed by atoms with Crippen LogP contribution in [0.1, 0.15) is 18.6 Å². The molecule has 1 fully saturated rings. The van der Waals surface area contributed by atoms with E-state index in [2.05, 4.69) is 5.32 Å². The second-order valence-electron chi connectivity index (χ2n) is 4.88. The molecule has 1 atom stereocenters. The van der Waals surface area contributed by atoms with Crippen molar-refractivity contribution in [2.75, 3.05) is 18.5 Å². The molecule has 20 heavy (non-hydrogen) atoms. The third-order valence-electron chi connectivity index (χ3n) is 3.37. The molecule has 0 aliphatic carbocycles. The fraction of sp³-hybridized carbons (Fsp3) is 0.375. The van der Waals surface area contributed by atoms with E-state index in [4.69, 9.17) is 13.9 Å². The maximum Gasteiger partial charge on any atom is 0.142 e. The number of anilines is 1. The first kappa shape index (κ1) is 13.1. The lowest BCUT2D eigenvalue weighted by molar-refractivity contribution is 0.0682. The van der Waals surface area contributed by atoms with Gasteiger partial charge in [-0.15, -0.1) is 0 Å². The van der Waals surface area contributed by atoms with Crippen LogP contribution in [0.25, 0.3) is 0 Å². The lowest BCUT2D eigenvalue weighted by Gasteiger charge is -2.15. The molecule has 1 aliphatic heterocycles. The molecule has 0 amide bonds. The predicted octanol–water partition coefficient (Wildman–Crippen LogP) is 3.45. The van der Waals surface area contributed by atoms with E-state index in [1.807, 2.05) is 36.4 Å². The van der Waals surface area contributed by atoms with Crippen LogP contribution in [0, 0.1) is 0 Å². The highest BCUT2D eigenvalue weighted by Crippen LogP contribution is 2.25. The Morgan fingerprint density at radius 1 is 1.20 bits per heavy atom. The van der Waals surface area contributed by atoms with Gasteiger partial charge in [-0.3, -0.25) is 0 Å². The molecule has 1 unspecified atom stereocenters. The van der Waals surface area contributed by atoms with Crippen molar-refractivity contribution in [1.82, 2.24) is 0 Å². The highest BCUT2D eigenvalue weighted by atomic mass is 16.5. The normalized spacial score (nSPS) is 18.1. The van der Waals surface area contributed by atoms with Gasteiger partial charge in [0.25, 0.3) is 0 Å². The van der Waals surface area contributed by atoms with E-state index in [-0.39, 0.29) is 6.10 Å². The van der Waals surface area contributed by atoms with Crippen molar-refractivity contribution in [3.05, 3.63) is 48.4 Å². The lowest BCUT2D eigenvalue weighted by atomic mass is 10.2. The van der Waals surface area contributed by atoms with Crippen LogP contribution in [0.4, 0.5) is 5.69 Å². The average Bonchev–Trinajstić information content (AvgIpc) is 3.17. The summed E-state index contributed by atoms with van der Waals surface area (Å²) in [7, 11) is 0.